The van der Waals surface area contributed by atoms with Crippen LogP contribution in [0.15, 0.2) is 36.7 Å². The van der Waals surface area contributed by atoms with Gasteiger partial charge in [0.2, 0.25) is 5.91 Å². The minimum absolute atomic E-state index is 0.0529. The lowest BCUT2D eigenvalue weighted by Gasteiger charge is -2.29. The number of aromatic nitrogens is 1. The Morgan fingerprint density at radius 2 is 2.12 bits per heavy atom. The van der Waals surface area contributed by atoms with Gasteiger partial charge in [0.05, 0.1) is 0 Å². The predicted octanol–water partition coefficient (Wildman–Crippen LogP) is 3.20. The predicted molar refractivity (Wildman–Crippen MR) is 94.4 cm³/mol. The molecule has 3 rings (SSSR count). The molecule has 0 aliphatic carbocycles. The largest absolute Gasteiger partial charge is 0.322 e. The van der Waals surface area contributed by atoms with Gasteiger partial charge in [0.15, 0.2) is 0 Å². The van der Waals surface area contributed by atoms with Gasteiger partial charge in [-0.25, -0.2) is 0 Å². The zero-order chi connectivity index (χ0) is 17.1. The van der Waals surface area contributed by atoms with Gasteiger partial charge < -0.3 is 10.2 Å². The van der Waals surface area contributed by atoms with Crippen molar-refractivity contribution in [3.05, 3.63) is 53.3 Å². The highest BCUT2D eigenvalue weighted by molar-refractivity contribution is 6.05. The van der Waals surface area contributed by atoms with E-state index in [0.29, 0.717) is 5.56 Å². The molecular formula is C19H21N3O2. The lowest BCUT2D eigenvalue weighted by atomic mass is 10.0. The van der Waals surface area contributed by atoms with Crippen LogP contribution in [-0.4, -0.2) is 23.3 Å². The summed E-state index contributed by atoms with van der Waals surface area (Å²) in [6.45, 7) is 4.34. The zero-order valence-electron chi connectivity index (χ0n) is 14.0. The van der Waals surface area contributed by atoms with Crippen molar-refractivity contribution in [1.82, 2.24) is 4.98 Å². The number of fused-ring (bicyclic) bond motifs is 1. The molecule has 0 radical (unpaired) electrons. The highest BCUT2D eigenvalue weighted by atomic mass is 16.2. The van der Waals surface area contributed by atoms with E-state index in [2.05, 4.69) is 10.3 Å². The molecular weight excluding hydrogens is 302 g/mol. The van der Waals surface area contributed by atoms with Gasteiger partial charge in [0.25, 0.3) is 5.91 Å². The second-order valence-corrected chi connectivity index (χ2v) is 5.96. The Balaban J connectivity index is 1.84. The number of anilines is 2. The number of pyridine rings is 1. The van der Waals surface area contributed by atoms with E-state index in [1.165, 1.54) is 0 Å². The first-order valence-corrected chi connectivity index (χ1v) is 8.25. The first-order chi connectivity index (χ1) is 11.6. The third-order valence-corrected chi connectivity index (χ3v) is 4.37. The van der Waals surface area contributed by atoms with Gasteiger partial charge in [-0.3, -0.25) is 14.6 Å². The van der Waals surface area contributed by atoms with E-state index >= 15 is 0 Å². The Kier molecular flexibility index (Phi) is 4.60. The molecule has 2 amide bonds. The Bertz CT molecular complexity index is 786. The van der Waals surface area contributed by atoms with Crippen molar-refractivity contribution >= 4 is 23.2 Å². The van der Waals surface area contributed by atoms with Crippen molar-refractivity contribution in [3.63, 3.8) is 0 Å². The Morgan fingerprint density at radius 1 is 1.29 bits per heavy atom. The average Bonchev–Trinajstić information content (AvgIpc) is 2.60. The number of benzene rings is 1. The summed E-state index contributed by atoms with van der Waals surface area (Å²) < 4.78 is 0. The molecule has 24 heavy (non-hydrogen) atoms. The van der Waals surface area contributed by atoms with Gasteiger partial charge in [-0.05, 0) is 54.7 Å². The number of nitrogens with one attached hydrogen (secondary N) is 1. The molecule has 1 aromatic carbocycles. The summed E-state index contributed by atoms with van der Waals surface area (Å²) in [6, 6.07) is 7.47. The van der Waals surface area contributed by atoms with Crippen LogP contribution >= 0.6 is 0 Å². The van der Waals surface area contributed by atoms with Crippen molar-refractivity contribution in [3.8, 4) is 0 Å². The summed E-state index contributed by atoms with van der Waals surface area (Å²) in [5.74, 6) is -0.0782. The van der Waals surface area contributed by atoms with Crippen LogP contribution in [0.25, 0.3) is 0 Å². The standard InChI is InChI=1S/C19H21N3O2/c1-3-14-12-20-9-8-17(14)19(24)21-16-6-7-18-15(11-16)5-4-10-22(18)13(2)23/h6-9,11-12H,3-5,10H2,1-2H3,(H,21,24). The fraction of sp³-hybridized carbons (Fsp3) is 0.316. The van der Waals surface area contributed by atoms with Crippen LogP contribution in [0.5, 0.6) is 0 Å². The minimum atomic E-state index is -0.131. The van der Waals surface area contributed by atoms with Crippen molar-refractivity contribution in [2.45, 2.75) is 33.1 Å². The molecule has 0 unspecified atom stereocenters. The van der Waals surface area contributed by atoms with E-state index in [4.69, 9.17) is 0 Å². The van der Waals surface area contributed by atoms with E-state index in [-0.39, 0.29) is 11.8 Å². The number of nitrogens with zero attached hydrogens (tertiary/aromatic N) is 2. The maximum atomic E-state index is 12.5. The zero-order valence-corrected chi connectivity index (χ0v) is 14.0. The lowest BCUT2D eigenvalue weighted by Crippen LogP contribution is -2.33. The van der Waals surface area contributed by atoms with E-state index in [9.17, 15) is 9.59 Å². The average molecular weight is 323 g/mol. The normalized spacial score (nSPS) is 13.3. The molecule has 0 atom stereocenters. The number of aryl methyl sites for hydroxylation is 2. The first kappa shape index (κ1) is 16.2. The number of carbonyl (C=O) groups is 2. The number of amides is 2. The lowest BCUT2D eigenvalue weighted by molar-refractivity contribution is -0.116. The number of carbonyl (C=O) groups excluding carboxylic acids is 2. The summed E-state index contributed by atoms with van der Waals surface area (Å²) in [4.78, 5) is 30.1. The number of hydrogen-bond acceptors (Lipinski definition) is 3. The van der Waals surface area contributed by atoms with E-state index in [1.807, 2.05) is 25.1 Å². The fourth-order valence-corrected chi connectivity index (χ4v) is 3.13. The SMILES string of the molecule is CCc1cnccc1C(=O)Nc1ccc2c(c1)CCCN2C(C)=O. The summed E-state index contributed by atoms with van der Waals surface area (Å²) >= 11 is 0. The van der Waals surface area contributed by atoms with E-state index in [0.717, 1.165) is 48.3 Å². The Morgan fingerprint density at radius 3 is 2.88 bits per heavy atom. The molecule has 5 nitrogen and oxygen atoms in total. The smallest absolute Gasteiger partial charge is 0.256 e. The Labute approximate surface area is 141 Å². The fourth-order valence-electron chi connectivity index (χ4n) is 3.13. The third kappa shape index (κ3) is 3.15. The summed E-state index contributed by atoms with van der Waals surface area (Å²) in [6.07, 6.45) is 5.97. The van der Waals surface area contributed by atoms with E-state index in [1.54, 1.807) is 30.3 Å². The van der Waals surface area contributed by atoms with Crippen molar-refractivity contribution < 1.29 is 9.59 Å². The second-order valence-electron chi connectivity index (χ2n) is 5.96. The van der Waals surface area contributed by atoms with Gasteiger partial charge >= 0.3 is 0 Å². The van der Waals surface area contributed by atoms with Crippen molar-refractivity contribution in [2.75, 3.05) is 16.8 Å². The summed E-state index contributed by atoms with van der Waals surface area (Å²) in [7, 11) is 0. The molecule has 2 aromatic rings. The van der Waals surface area contributed by atoms with Crippen LogP contribution in [0.2, 0.25) is 0 Å². The first-order valence-electron chi connectivity index (χ1n) is 8.25. The quantitative estimate of drug-likeness (QED) is 0.943. The molecule has 0 fully saturated rings. The molecule has 5 heteroatoms. The molecule has 0 spiro atoms. The molecule has 0 bridgehead atoms. The highest BCUT2D eigenvalue weighted by Crippen LogP contribution is 2.30. The minimum Gasteiger partial charge on any atom is -0.322 e. The third-order valence-electron chi connectivity index (χ3n) is 4.37. The molecule has 124 valence electrons. The topological polar surface area (TPSA) is 62.3 Å². The van der Waals surface area contributed by atoms with Gasteiger partial charge in [0, 0.05) is 42.8 Å². The molecule has 2 heterocycles. The monoisotopic (exact) mass is 323 g/mol. The maximum Gasteiger partial charge on any atom is 0.256 e. The van der Waals surface area contributed by atoms with Crippen LogP contribution in [0.4, 0.5) is 11.4 Å². The highest BCUT2D eigenvalue weighted by Gasteiger charge is 2.20. The molecule has 0 saturated heterocycles. The van der Waals surface area contributed by atoms with E-state index < -0.39 is 0 Å². The van der Waals surface area contributed by atoms with Crippen LogP contribution in [0, 0.1) is 0 Å². The van der Waals surface area contributed by atoms with Gasteiger partial charge in [-0.15, -0.1) is 0 Å². The summed E-state index contributed by atoms with van der Waals surface area (Å²) in [5, 5.41) is 2.96. The maximum absolute atomic E-state index is 12.5. The van der Waals surface area contributed by atoms with Crippen molar-refractivity contribution in [1.29, 1.82) is 0 Å². The van der Waals surface area contributed by atoms with Gasteiger partial charge in [-0.2, -0.15) is 0 Å². The molecule has 1 N–H and O–H groups in total. The van der Waals surface area contributed by atoms with Crippen LogP contribution in [-0.2, 0) is 17.6 Å². The number of rotatable bonds is 3. The molecule has 0 saturated carbocycles. The van der Waals surface area contributed by atoms with Crippen LogP contribution in [0.1, 0.15) is 41.8 Å². The van der Waals surface area contributed by atoms with Gasteiger partial charge in [-0.1, -0.05) is 6.92 Å². The molecule has 1 aromatic heterocycles. The van der Waals surface area contributed by atoms with Gasteiger partial charge in [0.1, 0.15) is 0 Å². The summed E-state index contributed by atoms with van der Waals surface area (Å²) in [5.41, 5.74) is 4.37. The van der Waals surface area contributed by atoms with Crippen molar-refractivity contribution in [2.24, 2.45) is 0 Å². The van der Waals surface area contributed by atoms with Crippen LogP contribution < -0.4 is 10.2 Å². The Hall–Kier alpha value is -2.69. The molecule has 1 aliphatic heterocycles. The number of hydrogen-bond donors (Lipinski definition) is 1. The van der Waals surface area contributed by atoms with Crippen LogP contribution in [0.3, 0.4) is 0 Å². The second kappa shape index (κ2) is 6.83. The molecule has 1 aliphatic rings.